The largest absolute Gasteiger partial charge is 0.508 e. The number of rotatable bonds is 6. The van der Waals surface area contributed by atoms with E-state index in [4.69, 9.17) is 9.79 Å². The highest BCUT2D eigenvalue weighted by Crippen LogP contribution is 2.37. The molecule has 2 rings (SSSR count). The molecule has 0 spiro atoms. The number of allylic oxidation sites excluding steroid dienone is 3. The lowest BCUT2D eigenvalue weighted by Crippen LogP contribution is -2.46. The van der Waals surface area contributed by atoms with Gasteiger partial charge in [0, 0.05) is 12.1 Å². The maximum absolute atomic E-state index is 12.0. The standard InChI is InChI=1S/C15H18NO7P/c17-11-6-4-10(5-7-11)8-9-15(19,20)14-12(16-24(21,22)23)2-1-3-13(14)18/h1-7,14,17,19-20H,8-9H2,(H3,16,21,22,23). The summed E-state index contributed by atoms with van der Waals surface area (Å²) in [5, 5.41) is 31.7. The molecule has 8 nitrogen and oxygen atoms in total. The maximum Gasteiger partial charge on any atom is 0.427 e. The number of hydrogen-bond acceptors (Lipinski definition) is 5. The number of nitrogens with one attached hydrogen (secondary N) is 1. The molecule has 0 aromatic heterocycles. The predicted molar refractivity (Wildman–Crippen MR) is 84.5 cm³/mol. The Kier molecular flexibility index (Phi) is 5.27. The Morgan fingerprint density at radius 2 is 1.79 bits per heavy atom. The minimum absolute atomic E-state index is 0.0710. The SMILES string of the molecule is O=C1C=CC=C(NP(=O)(O)O)C1C(O)(O)CCc1ccc(O)cc1. The molecule has 0 fully saturated rings. The van der Waals surface area contributed by atoms with Gasteiger partial charge in [-0.3, -0.25) is 9.88 Å². The van der Waals surface area contributed by atoms with E-state index < -0.39 is 25.2 Å². The van der Waals surface area contributed by atoms with Gasteiger partial charge in [-0.1, -0.05) is 18.2 Å². The van der Waals surface area contributed by atoms with Gasteiger partial charge < -0.3 is 25.1 Å². The molecule has 9 heteroatoms. The second kappa shape index (κ2) is 6.88. The third-order valence-corrected chi connectivity index (χ3v) is 4.14. The molecule has 1 aliphatic rings. The fourth-order valence-corrected chi connectivity index (χ4v) is 3.01. The molecule has 1 aromatic carbocycles. The first kappa shape index (κ1) is 18.4. The van der Waals surface area contributed by atoms with E-state index in [0.29, 0.717) is 5.56 Å². The number of benzene rings is 1. The fourth-order valence-electron chi connectivity index (χ4n) is 2.47. The highest BCUT2D eigenvalue weighted by molar-refractivity contribution is 7.49. The van der Waals surface area contributed by atoms with Crippen molar-refractivity contribution in [2.24, 2.45) is 5.92 Å². The minimum atomic E-state index is -4.70. The molecule has 0 saturated carbocycles. The zero-order valence-corrected chi connectivity index (χ0v) is 13.4. The van der Waals surface area contributed by atoms with Gasteiger partial charge in [0.15, 0.2) is 11.6 Å². The van der Waals surface area contributed by atoms with Gasteiger partial charge in [0.05, 0.1) is 0 Å². The van der Waals surface area contributed by atoms with Gasteiger partial charge in [0.1, 0.15) is 11.7 Å². The molecule has 0 saturated heterocycles. The predicted octanol–water partition coefficient (Wildman–Crippen LogP) is 0.327. The maximum atomic E-state index is 12.0. The smallest absolute Gasteiger partial charge is 0.427 e. The summed E-state index contributed by atoms with van der Waals surface area (Å²) in [7, 11) is -4.70. The van der Waals surface area contributed by atoms with Crippen LogP contribution < -0.4 is 5.09 Å². The van der Waals surface area contributed by atoms with Crippen LogP contribution in [0.15, 0.2) is 48.2 Å². The van der Waals surface area contributed by atoms with Crippen molar-refractivity contribution in [2.75, 3.05) is 0 Å². The van der Waals surface area contributed by atoms with Gasteiger partial charge in [-0.15, -0.1) is 0 Å². The number of ketones is 1. The van der Waals surface area contributed by atoms with Crippen molar-refractivity contribution in [3.8, 4) is 5.75 Å². The topological polar surface area (TPSA) is 147 Å². The minimum Gasteiger partial charge on any atom is -0.508 e. The van der Waals surface area contributed by atoms with Crippen LogP contribution in [0.25, 0.3) is 0 Å². The van der Waals surface area contributed by atoms with Crippen LogP contribution in [-0.2, 0) is 15.8 Å². The molecule has 0 heterocycles. The van der Waals surface area contributed by atoms with Gasteiger partial charge in [0.2, 0.25) is 0 Å². The van der Waals surface area contributed by atoms with Crippen molar-refractivity contribution in [1.82, 2.24) is 5.09 Å². The van der Waals surface area contributed by atoms with E-state index in [1.807, 2.05) is 5.09 Å². The lowest BCUT2D eigenvalue weighted by Gasteiger charge is -2.33. The monoisotopic (exact) mass is 355 g/mol. The normalized spacial score (nSPS) is 18.4. The van der Waals surface area contributed by atoms with Gasteiger partial charge >= 0.3 is 7.75 Å². The van der Waals surface area contributed by atoms with Gasteiger partial charge in [-0.25, -0.2) is 4.57 Å². The summed E-state index contributed by atoms with van der Waals surface area (Å²) in [6.45, 7) is 0. The molecule has 0 aliphatic heterocycles. The zero-order chi connectivity index (χ0) is 18.0. The zero-order valence-electron chi connectivity index (χ0n) is 12.5. The van der Waals surface area contributed by atoms with Gasteiger partial charge in [0.25, 0.3) is 0 Å². The summed E-state index contributed by atoms with van der Waals surface area (Å²) < 4.78 is 11.1. The fraction of sp³-hybridized carbons (Fsp3) is 0.267. The molecule has 1 unspecified atom stereocenters. The first-order valence-corrected chi connectivity index (χ1v) is 8.68. The molecule has 0 radical (unpaired) electrons. The molecule has 6 N–H and O–H groups in total. The van der Waals surface area contributed by atoms with Crippen LogP contribution in [0.1, 0.15) is 12.0 Å². The Balaban J connectivity index is 2.16. The second-order valence-corrected chi connectivity index (χ2v) is 6.83. The van der Waals surface area contributed by atoms with E-state index >= 15 is 0 Å². The Labute approximate surface area is 138 Å². The van der Waals surface area contributed by atoms with E-state index in [1.165, 1.54) is 24.3 Å². The Bertz CT molecular complexity index is 718. The van der Waals surface area contributed by atoms with Crippen molar-refractivity contribution in [2.45, 2.75) is 18.6 Å². The second-order valence-electron chi connectivity index (χ2n) is 5.52. The number of aryl methyl sites for hydroxylation is 1. The van der Waals surface area contributed by atoms with Crippen LogP contribution in [0, 0.1) is 5.92 Å². The van der Waals surface area contributed by atoms with Crippen LogP contribution >= 0.6 is 7.75 Å². The summed E-state index contributed by atoms with van der Waals surface area (Å²) in [6.07, 6.45) is 3.53. The van der Waals surface area contributed by atoms with E-state index in [0.717, 1.165) is 6.08 Å². The number of carbonyl (C=O) groups is 1. The van der Waals surface area contributed by atoms with Crippen molar-refractivity contribution in [1.29, 1.82) is 0 Å². The summed E-state index contributed by atoms with van der Waals surface area (Å²) in [6, 6.07) is 6.08. The van der Waals surface area contributed by atoms with Crippen molar-refractivity contribution in [3.05, 3.63) is 53.8 Å². The number of phenolic OH excluding ortho intramolecular Hbond substituents is 1. The van der Waals surface area contributed by atoms with E-state index in [9.17, 15) is 24.7 Å². The Morgan fingerprint density at radius 3 is 2.38 bits per heavy atom. The summed E-state index contributed by atoms with van der Waals surface area (Å²) in [5.74, 6) is -4.65. The third kappa shape index (κ3) is 4.77. The molecular formula is C15H18NO7P. The molecule has 1 aliphatic carbocycles. The number of hydrogen-bond donors (Lipinski definition) is 6. The van der Waals surface area contributed by atoms with Gasteiger partial charge in [-0.2, -0.15) is 0 Å². The molecule has 0 amide bonds. The summed E-state index contributed by atoms with van der Waals surface area (Å²) in [5.41, 5.74) is 0.444. The number of aromatic hydroxyl groups is 1. The summed E-state index contributed by atoms with van der Waals surface area (Å²) >= 11 is 0. The van der Waals surface area contributed by atoms with Gasteiger partial charge in [-0.05, 0) is 36.3 Å². The van der Waals surface area contributed by atoms with Crippen LogP contribution in [0.3, 0.4) is 0 Å². The third-order valence-electron chi connectivity index (χ3n) is 3.59. The van der Waals surface area contributed by atoms with Crippen LogP contribution in [-0.4, -0.2) is 36.7 Å². The van der Waals surface area contributed by atoms with E-state index in [-0.39, 0.29) is 24.3 Å². The van der Waals surface area contributed by atoms with Crippen LogP contribution in [0.5, 0.6) is 5.75 Å². The van der Waals surface area contributed by atoms with E-state index in [2.05, 4.69) is 0 Å². The molecule has 0 bridgehead atoms. The quantitative estimate of drug-likeness (QED) is 0.316. The molecule has 1 atom stereocenters. The van der Waals surface area contributed by atoms with Crippen molar-refractivity contribution < 1.29 is 34.5 Å². The highest BCUT2D eigenvalue weighted by atomic mass is 31.2. The van der Waals surface area contributed by atoms with Crippen LogP contribution in [0.2, 0.25) is 0 Å². The lowest BCUT2D eigenvalue weighted by molar-refractivity contribution is -0.195. The van der Waals surface area contributed by atoms with Crippen molar-refractivity contribution >= 4 is 13.5 Å². The van der Waals surface area contributed by atoms with E-state index in [1.54, 1.807) is 12.1 Å². The summed E-state index contributed by atoms with van der Waals surface area (Å²) in [4.78, 5) is 30.0. The Hall–Kier alpha value is -1.96. The van der Waals surface area contributed by atoms with Crippen LogP contribution in [0.4, 0.5) is 0 Å². The number of aliphatic hydroxyl groups is 2. The first-order chi connectivity index (χ1) is 11.1. The highest BCUT2D eigenvalue weighted by Gasteiger charge is 2.43. The lowest BCUT2D eigenvalue weighted by atomic mass is 9.84. The first-order valence-electron chi connectivity index (χ1n) is 7.07. The number of phenols is 1. The average Bonchev–Trinajstić information content (AvgIpc) is 2.45. The molecule has 24 heavy (non-hydrogen) atoms. The van der Waals surface area contributed by atoms with Crippen molar-refractivity contribution in [3.63, 3.8) is 0 Å². The molecular weight excluding hydrogens is 337 g/mol. The Morgan fingerprint density at radius 1 is 1.17 bits per heavy atom. The average molecular weight is 355 g/mol. The molecule has 130 valence electrons. The number of carbonyl (C=O) groups excluding carboxylic acids is 1. The molecule has 1 aromatic rings.